The van der Waals surface area contributed by atoms with Crippen molar-refractivity contribution < 1.29 is 14.6 Å². The first-order valence-corrected chi connectivity index (χ1v) is 5.14. The highest BCUT2D eigenvalue weighted by atomic mass is 16.5. The van der Waals surface area contributed by atoms with Crippen LogP contribution in [-0.2, 0) is 9.53 Å². The Labute approximate surface area is 92.9 Å². The summed E-state index contributed by atoms with van der Waals surface area (Å²) >= 11 is 0. The Balaban J connectivity index is 2.39. The third kappa shape index (κ3) is 1.79. The maximum absolute atomic E-state index is 11.4. The Kier molecular flexibility index (Phi) is 2.92. The summed E-state index contributed by atoms with van der Waals surface area (Å²) in [6, 6.07) is 7.30. The number of rotatable bonds is 3. The van der Waals surface area contributed by atoms with E-state index < -0.39 is 12.1 Å². The maximum atomic E-state index is 11.4. The van der Waals surface area contributed by atoms with E-state index in [4.69, 9.17) is 4.74 Å². The molecule has 1 aromatic carbocycles. The average molecular weight is 219 g/mol. The molecule has 0 amide bonds. The third-order valence-electron chi connectivity index (χ3n) is 2.42. The molecular weight excluding hydrogens is 206 g/mol. The van der Waals surface area contributed by atoms with Crippen molar-refractivity contribution in [3.63, 3.8) is 0 Å². The van der Waals surface area contributed by atoms with Crippen molar-refractivity contribution in [3.05, 3.63) is 36.0 Å². The highest BCUT2D eigenvalue weighted by molar-refractivity contribution is 5.88. The summed E-state index contributed by atoms with van der Waals surface area (Å²) in [5.41, 5.74) is 1.31. The number of carbonyl (C=O) groups excluding carboxylic acids is 1. The molecule has 0 bridgehead atoms. The number of esters is 1. The molecule has 4 heteroatoms. The molecule has 0 saturated heterocycles. The number of aromatic nitrogens is 1. The van der Waals surface area contributed by atoms with Crippen LogP contribution in [-0.4, -0.2) is 22.7 Å². The van der Waals surface area contributed by atoms with Crippen molar-refractivity contribution in [1.29, 1.82) is 0 Å². The SMILES string of the molecule is CCOC(=O)C(O)c1cccc2cc[nH]c12. The van der Waals surface area contributed by atoms with Crippen LogP contribution in [0, 0.1) is 0 Å². The van der Waals surface area contributed by atoms with Crippen molar-refractivity contribution in [1.82, 2.24) is 4.98 Å². The molecule has 1 atom stereocenters. The first-order chi connectivity index (χ1) is 7.74. The highest BCUT2D eigenvalue weighted by Crippen LogP contribution is 2.23. The smallest absolute Gasteiger partial charge is 0.339 e. The van der Waals surface area contributed by atoms with Gasteiger partial charge in [0.05, 0.1) is 12.1 Å². The van der Waals surface area contributed by atoms with Crippen molar-refractivity contribution >= 4 is 16.9 Å². The molecule has 2 rings (SSSR count). The van der Waals surface area contributed by atoms with E-state index in [0.29, 0.717) is 5.56 Å². The van der Waals surface area contributed by atoms with Gasteiger partial charge in [-0.1, -0.05) is 18.2 Å². The lowest BCUT2D eigenvalue weighted by atomic mass is 10.1. The van der Waals surface area contributed by atoms with Gasteiger partial charge in [-0.2, -0.15) is 0 Å². The van der Waals surface area contributed by atoms with Crippen LogP contribution in [0.3, 0.4) is 0 Å². The fourth-order valence-electron chi connectivity index (χ4n) is 1.69. The summed E-state index contributed by atoms with van der Waals surface area (Å²) in [5, 5.41) is 10.8. The number of aromatic amines is 1. The molecule has 2 aromatic rings. The number of benzene rings is 1. The molecule has 1 heterocycles. The van der Waals surface area contributed by atoms with Gasteiger partial charge in [-0.3, -0.25) is 0 Å². The normalized spacial score (nSPS) is 12.6. The molecule has 1 unspecified atom stereocenters. The molecule has 0 aliphatic carbocycles. The molecule has 16 heavy (non-hydrogen) atoms. The zero-order valence-electron chi connectivity index (χ0n) is 8.93. The van der Waals surface area contributed by atoms with E-state index in [1.54, 1.807) is 25.3 Å². The highest BCUT2D eigenvalue weighted by Gasteiger charge is 2.20. The lowest BCUT2D eigenvalue weighted by molar-refractivity contribution is -0.153. The molecule has 0 aliphatic rings. The van der Waals surface area contributed by atoms with Gasteiger partial charge in [0.2, 0.25) is 0 Å². The van der Waals surface area contributed by atoms with Crippen LogP contribution in [0.5, 0.6) is 0 Å². The number of hydrogen-bond acceptors (Lipinski definition) is 3. The van der Waals surface area contributed by atoms with Crippen molar-refractivity contribution in [2.24, 2.45) is 0 Å². The number of hydrogen-bond donors (Lipinski definition) is 2. The first kappa shape index (κ1) is 10.7. The first-order valence-electron chi connectivity index (χ1n) is 5.14. The van der Waals surface area contributed by atoms with Gasteiger partial charge < -0.3 is 14.8 Å². The molecule has 2 N–H and O–H groups in total. The number of nitrogens with one attached hydrogen (secondary N) is 1. The Morgan fingerprint density at radius 1 is 1.50 bits per heavy atom. The molecule has 1 aromatic heterocycles. The summed E-state index contributed by atoms with van der Waals surface area (Å²) in [6.45, 7) is 1.97. The number of H-pyrrole nitrogens is 1. The quantitative estimate of drug-likeness (QED) is 0.773. The second-order valence-corrected chi connectivity index (χ2v) is 3.44. The Morgan fingerprint density at radius 2 is 2.31 bits per heavy atom. The van der Waals surface area contributed by atoms with Crippen molar-refractivity contribution in [3.8, 4) is 0 Å². The van der Waals surface area contributed by atoms with E-state index in [-0.39, 0.29) is 6.61 Å². The number of fused-ring (bicyclic) bond motifs is 1. The second kappa shape index (κ2) is 4.37. The van der Waals surface area contributed by atoms with Crippen LogP contribution in [0.4, 0.5) is 0 Å². The molecule has 0 saturated carbocycles. The monoisotopic (exact) mass is 219 g/mol. The summed E-state index contributed by atoms with van der Waals surface area (Å²) in [5.74, 6) is -0.621. The third-order valence-corrected chi connectivity index (χ3v) is 2.42. The van der Waals surface area contributed by atoms with E-state index in [1.807, 2.05) is 12.1 Å². The average Bonchev–Trinajstić information content (AvgIpc) is 2.76. The summed E-state index contributed by atoms with van der Waals surface area (Å²) in [6.07, 6.45) is 0.536. The standard InChI is InChI=1S/C12H13NO3/c1-2-16-12(15)11(14)9-5-3-4-8-6-7-13-10(8)9/h3-7,11,13-14H,2H2,1H3. The van der Waals surface area contributed by atoms with Crippen molar-refractivity contribution in [2.75, 3.05) is 6.61 Å². The number of carbonyl (C=O) groups is 1. The Morgan fingerprint density at radius 3 is 3.06 bits per heavy atom. The molecule has 0 aliphatic heterocycles. The van der Waals surface area contributed by atoms with Crippen LogP contribution < -0.4 is 0 Å². The minimum Gasteiger partial charge on any atom is -0.464 e. The van der Waals surface area contributed by atoms with Gasteiger partial charge in [0.1, 0.15) is 0 Å². The fraction of sp³-hybridized carbons (Fsp3) is 0.250. The van der Waals surface area contributed by atoms with Crippen LogP contribution in [0.15, 0.2) is 30.5 Å². The number of aliphatic hydroxyl groups excluding tert-OH is 1. The molecular formula is C12H13NO3. The van der Waals surface area contributed by atoms with Gasteiger partial charge in [-0.05, 0) is 18.4 Å². The number of ether oxygens (including phenoxy) is 1. The zero-order chi connectivity index (χ0) is 11.5. The number of para-hydroxylation sites is 1. The fourth-order valence-corrected chi connectivity index (χ4v) is 1.69. The van der Waals surface area contributed by atoms with E-state index in [1.165, 1.54) is 0 Å². The van der Waals surface area contributed by atoms with Crippen molar-refractivity contribution in [2.45, 2.75) is 13.0 Å². The Hall–Kier alpha value is -1.81. The van der Waals surface area contributed by atoms with E-state index in [9.17, 15) is 9.90 Å². The topological polar surface area (TPSA) is 62.3 Å². The Bertz CT molecular complexity index is 504. The van der Waals surface area contributed by atoms with Crippen LogP contribution in [0.25, 0.3) is 10.9 Å². The van der Waals surface area contributed by atoms with Crippen LogP contribution >= 0.6 is 0 Å². The molecule has 0 spiro atoms. The minimum atomic E-state index is -1.23. The largest absolute Gasteiger partial charge is 0.464 e. The van der Waals surface area contributed by atoms with Gasteiger partial charge in [-0.15, -0.1) is 0 Å². The lowest BCUT2D eigenvalue weighted by Crippen LogP contribution is -2.15. The molecule has 0 fully saturated rings. The molecule has 4 nitrogen and oxygen atoms in total. The number of aliphatic hydroxyl groups is 1. The summed E-state index contributed by atoms with van der Waals surface area (Å²) in [4.78, 5) is 14.4. The van der Waals surface area contributed by atoms with E-state index in [0.717, 1.165) is 10.9 Å². The zero-order valence-corrected chi connectivity index (χ0v) is 8.93. The lowest BCUT2D eigenvalue weighted by Gasteiger charge is -2.10. The van der Waals surface area contributed by atoms with Crippen LogP contribution in [0.2, 0.25) is 0 Å². The predicted molar refractivity (Wildman–Crippen MR) is 59.9 cm³/mol. The van der Waals surface area contributed by atoms with Crippen LogP contribution in [0.1, 0.15) is 18.6 Å². The summed E-state index contributed by atoms with van der Waals surface area (Å²) in [7, 11) is 0. The van der Waals surface area contributed by atoms with Gasteiger partial charge in [0, 0.05) is 11.8 Å². The maximum Gasteiger partial charge on any atom is 0.339 e. The van der Waals surface area contributed by atoms with Gasteiger partial charge in [0.15, 0.2) is 6.10 Å². The van der Waals surface area contributed by atoms with E-state index in [2.05, 4.69) is 4.98 Å². The molecule has 0 radical (unpaired) electrons. The van der Waals surface area contributed by atoms with E-state index >= 15 is 0 Å². The second-order valence-electron chi connectivity index (χ2n) is 3.44. The van der Waals surface area contributed by atoms with Gasteiger partial charge in [0.25, 0.3) is 0 Å². The minimum absolute atomic E-state index is 0.261. The predicted octanol–water partition coefficient (Wildman–Crippen LogP) is 1.76. The van der Waals surface area contributed by atoms with Gasteiger partial charge in [-0.25, -0.2) is 4.79 Å². The summed E-state index contributed by atoms with van der Waals surface area (Å²) < 4.78 is 4.78. The molecule has 84 valence electrons. The van der Waals surface area contributed by atoms with Gasteiger partial charge >= 0.3 is 5.97 Å².